The highest BCUT2D eigenvalue weighted by Crippen LogP contribution is 2.36. The fourth-order valence-electron chi connectivity index (χ4n) is 3.40. The van der Waals surface area contributed by atoms with Crippen LogP contribution in [0.5, 0.6) is 0 Å². The standard InChI is InChI=1S/C20H19F3N4O2S/c1-11-15-17(27-6-8-29-9-7-27)24-12(2)25-19(15)30-16(11)18(28)26-14-5-3-4-13(10-14)20(21,22)23/h3-5,10H,6-9H2,1-2H3,(H,26,28). The number of hydrogen-bond acceptors (Lipinski definition) is 6. The second-order valence-corrected chi connectivity index (χ2v) is 7.96. The Balaban J connectivity index is 1.69. The molecule has 0 aliphatic carbocycles. The fourth-order valence-corrected chi connectivity index (χ4v) is 4.52. The first-order valence-electron chi connectivity index (χ1n) is 9.33. The van der Waals surface area contributed by atoms with Crippen LogP contribution in [0.15, 0.2) is 24.3 Å². The highest BCUT2D eigenvalue weighted by atomic mass is 32.1. The van der Waals surface area contributed by atoms with Crippen molar-refractivity contribution in [3.63, 3.8) is 0 Å². The van der Waals surface area contributed by atoms with Gasteiger partial charge in [0.1, 0.15) is 16.5 Å². The molecule has 0 unspecified atom stereocenters. The van der Waals surface area contributed by atoms with Crippen molar-refractivity contribution in [3.8, 4) is 0 Å². The SMILES string of the molecule is Cc1nc(N2CCOCC2)c2c(C)c(C(=O)Nc3cccc(C(F)(F)F)c3)sc2n1. The van der Waals surface area contributed by atoms with E-state index in [4.69, 9.17) is 4.74 Å². The van der Waals surface area contributed by atoms with Crippen molar-refractivity contribution in [3.05, 3.63) is 46.1 Å². The maximum Gasteiger partial charge on any atom is 0.416 e. The van der Waals surface area contributed by atoms with E-state index >= 15 is 0 Å². The maximum atomic E-state index is 13.0. The van der Waals surface area contributed by atoms with Crippen molar-refractivity contribution in [2.24, 2.45) is 0 Å². The normalized spacial score (nSPS) is 14.9. The van der Waals surface area contributed by atoms with Crippen LogP contribution in [0.3, 0.4) is 0 Å². The number of ether oxygens (including phenoxy) is 1. The van der Waals surface area contributed by atoms with E-state index in [9.17, 15) is 18.0 Å². The summed E-state index contributed by atoms with van der Waals surface area (Å²) in [6, 6.07) is 4.58. The Labute approximate surface area is 174 Å². The lowest BCUT2D eigenvalue weighted by molar-refractivity contribution is -0.137. The van der Waals surface area contributed by atoms with Crippen molar-refractivity contribution >= 4 is 39.0 Å². The average Bonchev–Trinajstić information content (AvgIpc) is 3.04. The molecule has 2 aromatic heterocycles. The molecule has 1 saturated heterocycles. The summed E-state index contributed by atoms with van der Waals surface area (Å²) in [7, 11) is 0. The molecule has 1 amide bonds. The molecule has 1 N–H and O–H groups in total. The fraction of sp³-hybridized carbons (Fsp3) is 0.350. The highest BCUT2D eigenvalue weighted by Gasteiger charge is 2.31. The van der Waals surface area contributed by atoms with Crippen molar-refractivity contribution in [1.29, 1.82) is 0 Å². The van der Waals surface area contributed by atoms with Crippen LogP contribution in [0.2, 0.25) is 0 Å². The molecule has 1 aliphatic rings. The van der Waals surface area contributed by atoms with E-state index in [1.807, 2.05) is 6.92 Å². The summed E-state index contributed by atoms with van der Waals surface area (Å²) in [6.45, 7) is 6.16. The van der Waals surface area contributed by atoms with Gasteiger partial charge in [0.15, 0.2) is 0 Å². The number of amides is 1. The average molecular weight is 436 g/mol. The number of carbonyl (C=O) groups excluding carboxylic acids is 1. The first-order chi connectivity index (χ1) is 14.2. The van der Waals surface area contributed by atoms with E-state index in [1.54, 1.807) is 6.92 Å². The molecule has 3 aromatic rings. The van der Waals surface area contributed by atoms with E-state index in [2.05, 4.69) is 20.2 Å². The van der Waals surface area contributed by atoms with E-state index in [0.717, 1.165) is 23.3 Å². The molecule has 1 aliphatic heterocycles. The van der Waals surface area contributed by atoms with Crippen LogP contribution in [0.25, 0.3) is 10.2 Å². The number of nitrogens with zero attached hydrogens (tertiary/aromatic N) is 3. The quantitative estimate of drug-likeness (QED) is 0.659. The van der Waals surface area contributed by atoms with E-state index in [-0.39, 0.29) is 5.69 Å². The minimum atomic E-state index is -4.48. The third-order valence-corrected chi connectivity index (χ3v) is 6.03. The Morgan fingerprint density at radius 3 is 2.63 bits per heavy atom. The lowest BCUT2D eigenvalue weighted by Crippen LogP contribution is -2.37. The summed E-state index contributed by atoms with van der Waals surface area (Å²) in [6.07, 6.45) is -4.48. The molecule has 0 saturated carbocycles. The number of morpholine rings is 1. The van der Waals surface area contributed by atoms with Crippen molar-refractivity contribution < 1.29 is 22.7 Å². The zero-order valence-electron chi connectivity index (χ0n) is 16.3. The first-order valence-corrected chi connectivity index (χ1v) is 10.1. The number of aryl methyl sites for hydroxylation is 2. The predicted molar refractivity (Wildman–Crippen MR) is 109 cm³/mol. The summed E-state index contributed by atoms with van der Waals surface area (Å²) in [5.41, 5.74) is -0.0206. The number of aromatic nitrogens is 2. The van der Waals surface area contributed by atoms with Crippen LogP contribution in [0, 0.1) is 13.8 Å². The van der Waals surface area contributed by atoms with Crippen molar-refractivity contribution in [2.45, 2.75) is 20.0 Å². The minimum absolute atomic E-state index is 0.0855. The zero-order chi connectivity index (χ0) is 21.5. The number of hydrogen-bond donors (Lipinski definition) is 1. The van der Waals surface area contributed by atoms with E-state index in [0.29, 0.717) is 47.4 Å². The zero-order valence-corrected chi connectivity index (χ0v) is 17.2. The van der Waals surface area contributed by atoms with E-state index in [1.165, 1.54) is 23.5 Å². The summed E-state index contributed by atoms with van der Waals surface area (Å²) in [4.78, 5) is 25.1. The van der Waals surface area contributed by atoms with Gasteiger partial charge in [-0.1, -0.05) is 6.07 Å². The van der Waals surface area contributed by atoms with Crippen molar-refractivity contribution in [2.75, 3.05) is 36.5 Å². The molecule has 1 fully saturated rings. The van der Waals surface area contributed by atoms with Crippen LogP contribution >= 0.6 is 11.3 Å². The Kier molecular flexibility index (Phi) is 5.37. The Morgan fingerprint density at radius 2 is 1.93 bits per heavy atom. The number of alkyl halides is 3. The lowest BCUT2D eigenvalue weighted by atomic mass is 10.1. The number of carbonyl (C=O) groups is 1. The lowest BCUT2D eigenvalue weighted by Gasteiger charge is -2.28. The van der Waals surface area contributed by atoms with Crippen LogP contribution < -0.4 is 10.2 Å². The van der Waals surface area contributed by atoms with Gasteiger partial charge in [0, 0.05) is 18.8 Å². The van der Waals surface area contributed by atoms with Gasteiger partial charge in [-0.05, 0) is 37.6 Å². The smallest absolute Gasteiger partial charge is 0.378 e. The second-order valence-electron chi connectivity index (χ2n) is 6.96. The molecule has 0 bridgehead atoms. The van der Waals surface area contributed by atoms with Gasteiger partial charge in [0.25, 0.3) is 5.91 Å². The Hall–Kier alpha value is -2.72. The number of nitrogens with one attached hydrogen (secondary N) is 1. The van der Waals surface area contributed by atoms with Gasteiger partial charge >= 0.3 is 6.18 Å². The van der Waals surface area contributed by atoms with E-state index < -0.39 is 17.6 Å². The third-order valence-electron chi connectivity index (χ3n) is 4.85. The van der Waals surface area contributed by atoms with Crippen LogP contribution in [-0.4, -0.2) is 42.2 Å². The van der Waals surface area contributed by atoms with Gasteiger partial charge in [-0.15, -0.1) is 11.3 Å². The summed E-state index contributed by atoms with van der Waals surface area (Å²) in [5.74, 6) is 0.878. The molecule has 0 radical (unpaired) electrons. The molecule has 158 valence electrons. The number of halogens is 3. The minimum Gasteiger partial charge on any atom is -0.378 e. The summed E-state index contributed by atoms with van der Waals surface area (Å²) in [5, 5.41) is 3.37. The Bertz CT molecular complexity index is 1110. The second kappa shape index (κ2) is 7.84. The molecule has 10 heteroatoms. The topological polar surface area (TPSA) is 67.4 Å². The molecule has 4 rings (SSSR count). The monoisotopic (exact) mass is 436 g/mol. The van der Waals surface area contributed by atoms with Gasteiger partial charge in [0.2, 0.25) is 0 Å². The number of thiophene rings is 1. The highest BCUT2D eigenvalue weighted by molar-refractivity contribution is 7.20. The van der Waals surface area contributed by atoms with Gasteiger partial charge in [0.05, 0.1) is 29.0 Å². The van der Waals surface area contributed by atoms with Crippen LogP contribution in [-0.2, 0) is 10.9 Å². The van der Waals surface area contributed by atoms with Crippen LogP contribution in [0.1, 0.15) is 26.6 Å². The first kappa shape index (κ1) is 20.5. The molecule has 6 nitrogen and oxygen atoms in total. The molecule has 0 atom stereocenters. The molecule has 1 aromatic carbocycles. The summed E-state index contributed by atoms with van der Waals surface area (Å²) < 4.78 is 44.3. The number of anilines is 2. The summed E-state index contributed by atoms with van der Waals surface area (Å²) >= 11 is 1.21. The molecule has 3 heterocycles. The van der Waals surface area contributed by atoms with Gasteiger partial charge in [-0.25, -0.2) is 9.97 Å². The van der Waals surface area contributed by atoms with Crippen molar-refractivity contribution in [1.82, 2.24) is 9.97 Å². The largest absolute Gasteiger partial charge is 0.416 e. The molecular formula is C20H19F3N4O2S. The molecule has 30 heavy (non-hydrogen) atoms. The van der Waals surface area contributed by atoms with Crippen LogP contribution in [0.4, 0.5) is 24.7 Å². The Morgan fingerprint density at radius 1 is 1.20 bits per heavy atom. The number of rotatable bonds is 3. The third kappa shape index (κ3) is 3.97. The maximum absolute atomic E-state index is 13.0. The molecular weight excluding hydrogens is 417 g/mol. The number of benzene rings is 1. The molecule has 0 spiro atoms. The van der Waals surface area contributed by atoms with Gasteiger partial charge < -0.3 is 15.0 Å². The van der Waals surface area contributed by atoms with Gasteiger partial charge in [-0.3, -0.25) is 4.79 Å². The number of fused-ring (bicyclic) bond motifs is 1. The predicted octanol–water partition coefficient (Wildman–Crippen LogP) is 4.42. The van der Waals surface area contributed by atoms with Gasteiger partial charge in [-0.2, -0.15) is 13.2 Å².